The molecule has 0 spiro atoms. The molecule has 0 saturated heterocycles. The Hall–Kier alpha value is -2.04. The van der Waals surface area contributed by atoms with E-state index in [-0.39, 0.29) is 17.9 Å². The second kappa shape index (κ2) is 4.91. The summed E-state index contributed by atoms with van der Waals surface area (Å²) in [5.74, 6) is -1.07. The minimum Gasteiger partial charge on any atom is -0.294 e. The van der Waals surface area contributed by atoms with E-state index >= 15 is 0 Å². The molecule has 0 aliphatic heterocycles. The van der Waals surface area contributed by atoms with Gasteiger partial charge < -0.3 is 0 Å². The third kappa shape index (κ3) is 2.54. The van der Waals surface area contributed by atoms with Crippen LogP contribution in [0.5, 0.6) is 0 Å². The molecule has 100 valence electrons. The van der Waals surface area contributed by atoms with Gasteiger partial charge in [-0.2, -0.15) is 5.10 Å². The fourth-order valence-electron chi connectivity index (χ4n) is 2.19. The predicted octanol–water partition coefficient (Wildman–Crippen LogP) is 3.03. The molecule has 5 heteroatoms. The number of aromatic nitrogens is 2. The molecular formula is C14H14F2N2O. The molecule has 1 aromatic heterocycles. The van der Waals surface area contributed by atoms with Crippen molar-refractivity contribution in [2.45, 2.75) is 27.3 Å². The molecule has 0 saturated carbocycles. The zero-order chi connectivity index (χ0) is 14.2. The van der Waals surface area contributed by atoms with E-state index in [0.29, 0.717) is 17.0 Å². The molecule has 1 heterocycles. The molecule has 0 radical (unpaired) electrons. The number of nitrogens with zero attached hydrogens (tertiary/aromatic N) is 2. The van der Waals surface area contributed by atoms with Crippen LogP contribution >= 0.6 is 0 Å². The highest BCUT2D eigenvalue weighted by molar-refractivity contribution is 5.96. The Labute approximate surface area is 109 Å². The number of halogens is 2. The van der Waals surface area contributed by atoms with Gasteiger partial charge in [-0.1, -0.05) is 0 Å². The van der Waals surface area contributed by atoms with Gasteiger partial charge in [-0.3, -0.25) is 9.48 Å². The van der Waals surface area contributed by atoms with E-state index in [1.54, 1.807) is 13.8 Å². The summed E-state index contributed by atoms with van der Waals surface area (Å²) >= 11 is 0. The first-order chi connectivity index (χ1) is 8.90. The first-order valence-corrected chi connectivity index (χ1v) is 5.89. The van der Waals surface area contributed by atoms with E-state index < -0.39 is 11.6 Å². The maximum atomic E-state index is 13.6. The van der Waals surface area contributed by atoms with Gasteiger partial charge in [0.2, 0.25) is 0 Å². The third-order valence-electron chi connectivity index (χ3n) is 3.06. The van der Waals surface area contributed by atoms with Crippen LogP contribution < -0.4 is 0 Å². The number of benzene rings is 1. The zero-order valence-corrected chi connectivity index (χ0v) is 11.0. The molecule has 3 nitrogen and oxygen atoms in total. The zero-order valence-electron chi connectivity index (χ0n) is 11.0. The van der Waals surface area contributed by atoms with Gasteiger partial charge in [0.1, 0.15) is 11.6 Å². The predicted molar refractivity (Wildman–Crippen MR) is 67.2 cm³/mol. The topological polar surface area (TPSA) is 34.9 Å². The summed E-state index contributed by atoms with van der Waals surface area (Å²) < 4.78 is 28.2. The molecule has 2 rings (SSSR count). The largest absolute Gasteiger partial charge is 0.294 e. The number of hydrogen-bond acceptors (Lipinski definition) is 2. The number of carbonyl (C=O) groups excluding carboxylic acids is 1. The molecule has 0 aliphatic rings. The van der Waals surface area contributed by atoms with Gasteiger partial charge in [0.15, 0.2) is 5.78 Å². The van der Waals surface area contributed by atoms with E-state index in [0.717, 1.165) is 18.2 Å². The maximum Gasteiger partial charge on any atom is 0.163 e. The monoisotopic (exact) mass is 264 g/mol. The van der Waals surface area contributed by atoms with Crippen molar-refractivity contribution < 1.29 is 13.6 Å². The quantitative estimate of drug-likeness (QED) is 0.799. The van der Waals surface area contributed by atoms with Gasteiger partial charge in [-0.25, -0.2) is 8.78 Å². The minimum atomic E-state index is -0.496. The van der Waals surface area contributed by atoms with Crippen LogP contribution in [0.3, 0.4) is 0 Å². The minimum absolute atomic E-state index is 0.0824. The van der Waals surface area contributed by atoms with E-state index in [4.69, 9.17) is 0 Å². The van der Waals surface area contributed by atoms with Gasteiger partial charge in [0.05, 0.1) is 17.8 Å². The average Bonchev–Trinajstić information content (AvgIpc) is 2.59. The van der Waals surface area contributed by atoms with Crippen molar-refractivity contribution in [2.75, 3.05) is 0 Å². The molecule has 0 N–H and O–H groups in total. The normalized spacial score (nSPS) is 10.8. The lowest BCUT2D eigenvalue weighted by molar-refractivity contribution is 0.101. The Morgan fingerprint density at radius 1 is 1.32 bits per heavy atom. The lowest BCUT2D eigenvalue weighted by atomic mass is 10.1. The van der Waals surface area contributed by atoms with Crippen molar-refractivity contribution in [1.29, 1.82) is 0 Å². The second-order valence-electron chi connectivity index (χ2n) is 4.50. The summed E-state index contributed by atoms with van der Waals surface area (Å²) in [5.41, 5.74) is 2.01. The molecule has 0 atom stereocenters. The van der Waals surface area contributed by atoms with Crippen molar-refractivity contribution in [3.63, 3.8) is 0 Å². The lowest BCUT2D eigenvalue weighted by Gasteiger charge is -2.06. The van der Waals surface area contributed by atoms with Crippen molar-refractivity contribution in [3.05, 3.63) is 52.3 Å². The number of Topliss-reactive ketones (excluding diaryl/α,β-unsaturated/α-hetero) is 1. The van der Waals surface area contributed by atoms with Crippen molar-refractivity contribution >= 4 is 5.78 Å². The van der Waals surface area contributed by atoms with Crippen LogP contribution in [0.1, 0.15) is 34.2 Å². The Bertz CT molecular complexity index is 647. The van der Waals surface area contributed by atoms with Crippen LogP contribution in [0.15, 0.2) is 18.2 Å². The van der Waals surface area contributed by atoms with Crippen LogP contribution in [0.2, 0.25) is 0 Å². The van der Waals surface area contributed by atoms with Crippen molar-refractivity contribution in [1.82, 2.24) is 9.78 Å². The molecule has 0 fully saturated rings. The summed E-state index contributed by atoms with van der Waals surface area (Å²) in [6.45, 7) is 5.03. The fourth-order valence-corrected chi connectivity index (χ4v) is 2.19. The number of carbonyl (C=O) groups is 1. The summed E-state index contributed by atoms with van der Waals surface area (Å²) in [5, 5.41) is 4.20. The fraction of sp³-hybridized carbons (Fsp3) is 0.286. The molecule has 0 bridgehead atoms. The van der Waals surface area contributed by atoms with Crippen LogP contribution in [-0.4, -0.2) is 15.6 Å². The second-order valence-corrected chi connectivity index (χ2v) is 4.50. The highest BCUT2D eigenvalue weighted by Gasteiger charge is 2.16. The summed E-state index contributed by atoms with van der Waals surface area (Å²) in [7, 11) is 0. The SMILES string of the molecule is CC(=O)c1c(C)nn(Cc2cc(F)ccc2F)c1C. The first kappa shape index (κ1) is 13.4. The Balaban J connectivity index is 2.42. The number of hydrogen-bond donors (Lipinski definition) is 0. The van der Waals surface area contributed by atoms with Gasteiger partial charge >= 0.3 is 0 Å². The van der Waals surface area contributed by atoms with E-state index in [1.165, 1.54) is 11.6 Å². The van der Waals surface area contributed by atoms with Crippen molar-refractivity contribution in [3.8, 4) is 0 Å². The highest BCUT2D eigenvalue weighted by atomic mass is 19.1. The van der Waals surface area contributed by atoms with E-state index in [2.05, 4.69) is 5.10 Å². The van der Waals surface area contributed by atoms with Crippen LogP contribution in [0.4, 0.5) is 8.78 Å². The number of aryl methyl sites for hydroxylation is 1. The summed E-state index contributed by atoms with van der Waals surface area (Å²) in [6, 6.07) is 3.29. The van der Waals surface area contributed by atoms with Crippen molar-refractivity contribution in [2.24, 2.45) is 0 Å². The Kier molecular flexibility index (Phi) is 3.46. The smallest absolute Gasteiger partial charge is 0.163 e. The van der Waals surface area contributed by atoms with Crippen LogP contribution in [0.25, 0.3) is 0 Å². The maximum absolute atomic E-state index is 13.6. The average molecular weight is 264 g/mol. The summed E-state index contributed by atoms with van der Waals surface area (Å²) in [6.07, 6.45) is 0. The standard InChI is InChI=1S/C14H14F2N2O/c1-8-14(10(3)19)9(2)18(17-8)7-11-6-12(15)4-5-13(11)16/h4-6H,7H2,1-3H3. The van der Waals surface area contributed by atoms with E-state index in [1.807, 2.05) is 0 Å². The molecule has 2 aromatic rings. The Morgan fingerprint density at radius 3 is 2.58 bits per heavy atom. The molecule has 0 unspecified atom stereocenters. The van der Waals surface area contributed by atoms with Gasteiger partial charge in [-0.15, -0.1) is 0 Å². The summed E-state index contributed by atoms with van der Waals surface area (Å²) in [4.78, 5) is 11.5. The van der Waals surface area contributed by atoms with Gasteiger partial charge in [-0.05, 0) is 39.0 Å². The molecule has 0 amide bonds. The number of rotatable bonds is 3. The van der Waals surface area contributed by atoms with Crippen LogP contribution in [-0.2, 0) is 6.54 Å². The molecule has 19 heavy (non-hydrogen) atoms. The Morgan fingerprint density at radius 2 is 2.00 bits per heavy atom. The van der Waals surface area contributed by atoms with Crippen LogP contribution in [0, 0.1) is 25.5 Å². The van der Waals surface area contributed by atoms with Gasteiger partial charge in [0, 0.05) is 11.3 Å². The molecule has 1 aromatic carbocycles. The highest BCUT2D eigenvalue weighted by Crippen LogP contribution is 2.17. The molecule has 0 aliphatic carbocycles. The lowest BCUT2D eigenvalue weighted by Crippen LogP contribution is -2.07. The number of ketones is 1. The van der Waals surface area contributed by atoms with Gasteiger partial charge in [0.25, 0.3) is 0 Å². The third-order valence-corrected chi connectivity index (χ3v) is 3.06. The first-order valence-electron chi connectivity index (χ1n) is 5.89. The molecular weight excluding hydrogens is 250 g/mol. The van der Waals surface area contributed by atoms with E-state index in [9.17, 15) is 13.6 Å².